The van der Waals surface area contributed by atoms with Crippen LogP contribution in [0, 0.1) is 0 Å². The van der Waals surface area contributed by atoms with Gasteiger partial charge in [0.25, 0.3) is 0 Å². The van der Waals surface area contributed by atoms with Gasteiger partial charge in [0.2, 0.25) is 0 Å². The number of rotatable bonds is 7. The van der Waals surface area contributed by atoms with Gasteiger partial charge in [-0.3, -0.25) is 4.79 Å². The number of nitrogens with zero attached hydrogens (tertiary/aromatic N) is 5. The molecule has 106 valence electrons. The highest BCUT2D eigenvalue weighted by molar-refractivity contribution is 5.67. The summed E-state index contributed by atoms with van der Waals surface area (Å²) in [6, 6.07) is -0.152. The number of aliphatic carboxylic acids is 1. The summed E-state index contributed by atoms with van der Waals surface area (Å²) >= 11 is 0. The van der Waals surface area contributed by atoms with Gasteiger partial charge < -0.3 is 10.0 Å². The molecule has 2 rings (SSSR count). The second-order valence-corrected chi connectivity index (χ2v) is 5.00. The van der Waals surface area contributed by atoms with E-state index in [0.29, 0.717) is 6.42 Å². The van der Waals surface area contributed by atoms with E-state index in [1.54, 1.807) is 4.68 Å². The predicted molar refractivity (Wildman–Crippen MR) is 68.8 cm³/mol. The van der Waals surface area contributed by atoms with Gasteiger partial charge in [-0.2, -0.15) is 0 Å². The van der Waals surface area contributed by atoms with Crippen molar-refractivity contribution in [1.29, 1.82) is 0 Å². The Bertz CT molecular complexity index is 414. The Morgan fingerprint density at radius 1 is 1.42 bits per heavy atom. The average molecular weight is 267 g/mol. The van der Waals surface area contributed by atoms with Crippen LogP contribution in [-0.4, -0.2) is 55.8 Å². The Balaban J connectivity index is 1.96. The molecule has 19 heavy (non-hydrogen) atoms. The zero-order chi connectivity index (χ0) is 13.7. The molecule has 1 N–H and O–H groups in total. The van der Waals surface area contributed by atoms with Crippen LogP contribution in [0.15, 0.2) is 0 Å². The van der Waals surface area contributed by atoms with Crippen LogP contribution < -0.4 is 0 Å². The number of tetrazole rings is 1. The first-order valence-corrected chi connectivity index (χ1v) is 6.91. The fourth-order valence-electron chi connectivity index (χ4n) is 2.53. The van der Waals surface area contributed by atoms with Gasteiger partial charge >= 0.3 is 5.97 Å². The highest BCUT2D eigenvalue weighted by atomic mass is 16.4. The lowest BCUT2D eigenvalue weighted by atomic mass is 10.1. The third-order valence-corrected chi connectivity index (χ3v) is 3.64. The van der Waals surface area contributed by atoms with Gasteiger partial charge in [-0.05, 0) is 42.8 Å². The third-order valence-electron chi connectivity index (χ3n) is 3.64. The second kappa shape index (κ2) is 6.60. The second-order valence-electron chi connectivity index (χ2n) is 5.00. The van der Waals surface area contributed by atoms with Gasteiger partial charge in [-0.15, -0.1) is 5.10 Å². The maximum Gasteiger partial charge on any atom is 0.305 e. The van der Waals surface area contributed by atoms with Crippen LogP contribution in [0.1, 0.15) is 44.5 Å². The molecule has 1 aliphatic rings. The summed E-state index contributed by atoms with van der Waals surface area (Å²) < 4.78 is 1.68. The first-order chi connectivity index (χ1) is 9.20. The molecule has 1 saturated heterocycles. The molecule has 0 amide bonds. The molecule has 1 aromatic rings. The Kier molecular flexibility index (Phi) is 4.84. The fraction of sp³-hybridized carbons (Fsp3) is 0.833. The van der Waals surface area contributed by atoms with Crippen LogP contribution in [0.25, 0.3) is 0 Å². The molecule has 0 spiro atoms. The van der Waals surface area contributed by atoms with Gasteiger partial charge in [0.05, 0.1) is 12.5 Å². The van der Waals surface area contributed by atoms with E-state index in [1.165, 1.54) is 12.8 Å². The van der Waals surface area contributed by atoms with Crippen LogP contribution in [0.3, 0.4) is 0 Å². The van der Waals surface area contributed by atoms with Crippen molar-refractivity contribution < 1.29 is 9.90 Å². The van der Waals surface area contributed by atoms with Crippen molar-refractivity contribution in [2.24, 2.45) is 0 Å². The predicted octanol–water partition coefficient (Wildman–Crippen LogP) is 0.737. The molecular weight excluding hydrogens is 246 g/mol. The molecule has 7 nitrogen and oxygen atoms in total. The number of likely N-dealkylation sites (tertiary alicyclic amines) is 1. The molecule has 0 saturated carbocycles. The van der Waals surface area contributed by atoms with Crippen LogP contribution in [0.5, 0.6) is 0 Å². The minimum atomic E-state index is -0.812. The van der Waals surface area contributed by atoms with Crippen molar-refractivity contribution in [2.75, 3.05) is 19.6 Å². The molecule has 1 fully saturated rings. The summed E-state index contributed by atoms with van der Waals surface area (Å²) in [5.74, 6) is -0.0205. The van der Waals surface area contributed by atoms with E-state index >= 15 is 0 Å². The lowest BCUT2D eigenvalue weighted by Gasteiger charge is -2.17. The number of hydrogen-bond donors (Lipinski definition) is 1. The van der Waals surface area contributed by atoms with E-state index in [-0.39, 0.29) is 12.5 Å². The zero-order valence-corrected chi connectivity index (χ0v) is 11.3. The number of aromatic nitrogens is 4. The van der Waals surface area contributed by atoms with Crippen LogP contribution in [-0.2, 0) is 11.2 Å². The van der Waals surface area contributed by atoms with Crippen LogP contribution in [0.4, 0.5) is 0 Å². The van der Waals surface area contributed by atoms with Gasteiger partial charge in [0, 0.05) is 13.0 Å². The van der Waals surface area contributed by atoms with Gasteiger partial charge in [0.15, 0.2) is 5.82 Å². The Morgan fingerprint density at radius 2 is 2.16 bits per heavy atom. The third kappa shape index (κ3) is 3.73. The summed E-state index contributed by atoms with van der Waals surface area (Å²) in [5, 5.41) is 20.6. The molecule has 7 heteroatoms. The SMILES string of the molecule is CCC(CC(=O)O)n1nnnc1CCN1CCCC1. The summed E-state index contributed by atoms with van der Waals surface area (Å²) in [7, 11) is 0. The Hall–Kier alpha value is -1.50. The number of carboxylic acids is 1. The van der Waals surface area contributed by atoms with E-state index in [9.17, 15) is 4.79 Å². The molecule has 1 unspecified atom stereocenters. The number of carbonyl (C=O) groups is 1. The minimum Gasteiger partial charge on any atom is -0.481 e. The molecular formula is C12H21N5O2. The molecule has 1 aromatic heterocycles. The smallest absolute Gasteiger partial charge is 0.305 e. The van der Waals surface area contributed by atoms with Gasteiger partial charge in [-0.1, -0.05) is 6.92 Å². The lowest BCUT2D eigenvalue weighted by Crippen LogP contribution is -2.24. The molecule has 0 aromatic carbocycles. The molecule has 0 radical (unpaired) electrons. The van der Waals surface area contributed by atoms with Crippen molar-refractivity contribution in [1.82, 2.24) is 25.1 Å². The fourth-order valence-corrected chi connectivity index (χ4v) is 2.53. The summed E-state index contributed by atoms with van der Waals surface area (Å²) in [5.41, 5.74) is 0. The van der Waals surface area contributed by atoms with Crippen molar-refractivity contribution in [3.63, 3.8) is 0 Å². The summed E-state index contributed by atoms with van der Waals surface area (Å²) in [4.78, 5) is 13.3. The van der Waals surface area contributed by atoms with Gasteiger partial charge in [-0.25, -0.2) is 4.68 Å². The molecule has 1 atom stereocenters. The van der Waals surface area contributed by atoms with Crippen molar-refractivity contribution in [3.8, 4) is 0 Å². The Morgan fingerprint density at radius 3 is 2.79 bits per heavy atom. The largest absolute Gasteiger partial charge is 0.481 e. The van der Waals surface area contributed by atoms with Crippen LogP contribution >= 0.6 is 0 Å². The van der Waals surface area contributed by atoms with Crippen molar-refractivity contribution in [3.05, 3.63) is 5.82 Å². The molecule has 2 heterocycles. The maximum atomic E-state index is 10.9. The van der Waals surface area contributed by atoms with Gasteiger partial charge in [0.1, 0.15) is 0 Å². The zero-order valence-electron chi connectivity index (χ0n) is 11.3. The van der Waals surface area contributed by atoms with Crippen molar-refractivity contribution >= 4 is 5.97 Å². The maximum absolute atomic E-state index is 10.9. The van der Waals surface area contributed by atoms with E-state index < -0.39 is 5.97 Å². The highest BCUT2D eigenvalue weighted by Crippen LogP contribution is 2.16. The normalized spacial score (nSPS) is 17.7. The van der Waals surface area contributed by atoms with Crippen LogP contribution in [0.2, 0.25) is 0 Å². The molecule has 0 bridgehead atoms. The average Bonchev–Trinajstić information content (AvgIpc) is 3.04. The number of carboxylic acid groups (broad SMARTS) is 1. The molecule has 1 aliphatic heterocycles. The summed E-state index contributed by atoms with van der Waals surface area (Å²) in [6.07, 6.45) is 4.10. The standard InChI is InChI=1S/C12H21N5O2/c1-2-10(9-12(18)19)17-11(13-14-15-17)5-8-16-6-3-4-7-16/h10H,2-9H2,1H3,(H,18,19). The first-order valence-electron chi connectivity index (χ1n) is 6.91. The number of hydrogen-bond acceptors (Lipinski definition) is 5. The topological polar surface area (TPSA) is 84.1 Å². The lowest BCUT2D eigenvalue weighted by molar-refractivity contribution is -0.138. The first kappa shape index (κ1) is 13.9. The van der Waals surface area contributed by atoms with E-state index in [2.05, 4.69) is 20.4 Å². The van der Waals surface area contributed by atoms with Crippen molar-refractivity contribution in [2.45, 2.75) is 45.1 Å². The quantitative estimate of drug-likeness (QED) is 0.784. The highest BCUT2D eigenvalue weighted by Gasteiger charge is 2.19. The minimum absolute atomic E-state index is 0.0677. The summed E-state index contributed by atoms with van der Waals surface area (Å²) in [6.45, 7) is 5.20. The molecule has 0 aliphatic carbocycles. The monoisotopic (exact) mass is 267 g/mol. The van der Waals surface area contributed by atoms with E-state index in [4.69, 9.17) is 5.11 Å². The van der Waals surface area contributed by atoms with E-state index in [0.717, 1.165) is 31.9 Å². The van der Waals surface area contributed by atoms with E-state index in [1.807, 2.05) is 6.92 Å². The Labute approximate surface area is 112 Å².